The Hall–Kier alpha value is -4.21. The number of benzene rings is 1. The van der Waals surface area contributed by atoms with E-state index < -0.39 is 23.9 Å². The molecular formula is C28H30ClN7O5. The predicted molar refractivity (Wildman–Crippen MR) is 152 cm³/mol. The number of hydrogen-bond acceptors (Lipinski definition) is 9. The molecule has 13 heteroatoms. The molecule has 0 bridgehead atoms. The molecule has 2 fully saturated rings. The average molecular weight is 580 g/mol. The highest BCUT2D eigenvalue weighted by atomic mass is 35.5. The number of ether oxygens (including phenoxy) is 2. The summed E-state index contributed by atoms with van der Waals surface area (Å²) in [5, 5.41) is 20.0. The molecule has 41 heavy (non-hydrogen) atoms. The number of nitrogens with one attached hydrogen (secondary N) is 2. The highest BCUT2D eigenvalue weighted by molar-refractivity contribution is 6.30. The van der Waals surface area contributed by atoms with Crippen molar-refractivity contribution in [1.29, 1.82) is 5.41 Å². The molecule has 2 aromatic heterocycles. The number of terminal acetylenes is 1. The number of aromatic nitrogens is 4. The molecule has 12 nitrogen and oxygen atoms in total. The second-order valence-electron chi connectivity index (χ2n) is 10.1. The van der Waals surface area contributed by atoms with E-state index in [1.165, 1.54) is 7.11 Å². The number of carbonyl (C=O) groups excluding carboxylic acids is 1. The first-order valence-corrected chi connectivity index (χ1v) is 13.7. The van der Waals surface area contributed by atoms with Gasteiger partial charge in [0.2, 0.25) is 5.95 Å². The third-order valence-electron chi connectivity index (χ3n) is 7.52. The third kappa shape index (κ3) is 5.96. The lowest BCUT2D eigenvalue weighted by molar-refractivity contribution is -0.144. The number of nitrogens with zero attached hydrogens (tertiary/aromatic N) is 5. The Labute approximate surface area is 241 Å². The monoisotopic (exact) mass is 579 g/mol. The number of halogens is 1. The van der Waals surface area contributed by atoms with Crippen molar-refractivity contribution in [2.45, 2.75) is 38.3 Å². The predicted octanol–water partition coefficient (Wildman–Crippen LogP) is 3.56. The number of esters is 1. The van der Waals surface area contributed by atoms with E-state index in [1.807, 2.05) is 20.9 Å². The molecule has 0 spiro atoms. The van der Waals surface area contributed by atoms with E-state index >= 15 is 0 Å². The smallest absolute Gasteiger partial charge is 0.410 e. The number of carboxylic acid groups (broad SMARTS) is 1. The zero-order chi connectivity index (χ0) is 29.1. The summed E-state index contributed by atoms with van der Waals surface area (Å²) in [5.41, 5.74) is 1.92. The van der Waals surface area contributed by atoms with E-state index in [0.717, 1.165) is 25.7 Å². The van der Waals surface area contributed by atoms with Gasteiger partial charge in [-0.2, -0.15) is 4.98 Å². The number of anilines is 1. The van der Waals surface area contributed by atoms with Crippen molar-refractivity contribution in [2.24, 2.45) is 11.8 Å². The van der Waals surface area contributed by atoms with Gasteiger partial charge in [-0.05, 0) is 43.7 Å². The highest BCUT2D eigenvalue weighted by Crippen LogP contribution is 2.36. The van der Waals surface area contributed by atoms with Gasteiger partial charge >= 0.3 is 12.1 Å². The second-order valence-corrected chi connectivity index (χ2v) is 10.5. The van der Waals surface area contributed by atoms with E-state index in [1.54, 1.807) is 18.2 Å². The number of amides is 1. The minimum absolute atomic E-state index is 0.133. The van der Waals surface area contributed by atoms with E-state index in [9.17, 15) is 14.7 Å². The van der Waals surface area contributed by atoms with Crippen molar-refractivity contribution in [2.75, 3.05) is 31.8 Å². The number of imidazole rings is 1. The Morgan fingerprint density at radius 2 is 2.05 bits per heavy atom. The standard InChI is InChI=1S/C28H30ClN7O5/c1-3-16-7-9-17(10-8-16)14-36-22-21(18-5-4-6-19(29)13-18)31-25(23(30)32-28(38)39)33-24(22)34-27(36)35-11-12-41-15-20(35)26(37)40-2/h1,4-6,13,16-17,20H,7-12,14-15H2,2H3,(H2,30,32)(H,38,39)/t16?,17?,20-/m0/s1. The fourth-order valence-electron chi connectivity index (χ4n) is 5.47. The van der Waals surface area contributed by atoms with Crippen LogP contribution in [-0.2, 0) is 20.8 Å². The number of rotatable bonds is 6. The lowest BCUT2D eigenvalue weighted by Crippen LogP contribution is -2.51. The molecule has 1 atom stereocenters. The maximum atomic E-state index is 12.8. The zero-order valence-electron chi connectivity index (χ0n) is 22.5. The van der Waals surface area contributed by atoms with Crippen LogP contribution in [0.5, 0.6) is 0 Å². The van der Waals surface area contributed by atoms with Crippen molar-refractivity contribution in [1.82, 2.24) is 24.8 Å². The third-order valence-corrected chi connectivity index (χ3v) is 7.75. The zero-order valence-corrected chi connectivity index (χ0v) is 23.2. The van der Waals surface area contributed by atoms with Gasteiger partial charge in [0.05, 0.1) is 20.3 Å². The summed E-state index contributed by atoms with van der Waals surface area (Å²) in [6, 6.07) is 6.36. The fourth-order valence-corrected chi connectivity index (χ4v) is 5.66. The van der Waals surface area contributed by atoms with Crippen LogP contribution in [0.4, 0.5) is 10.7 Å². The van der Waals surface area contributed by atoms with Crippen LogP contribution in [0.15, 0.2) is 24.3 Å². The minimum Gasteiger partial charge on any atom is -0.467 e. The van der Waals surface area contributed by atoms with Crippen molar-refractivity contribution in [3.05, 3.63) is 35.1 Å². The molecule has 0 radical (unpaired) electrons. The number of methoxy groups -OCH3 is 1. The van der Waals surface area contributed by atoms with Crippen LogP contribution in [0, 0.1) is 29.6 Å². The van der Waals surface area contributed by atoms with Crippen molar-refractivity contribution < 1.29 is 24.2 Å². The van der Waals surface area contributed by atoms with Crippen molar-refractivity contribution in [3.8, 4) is 23.6 Å². The van der Waals surface area contributed by atoms with E-state index in [0.29, 0.717) is 47.4 Å². The van der Waals surface area contributed by atoms with Gasteiger partial charge in [0.1, 0.15) is 11.2 Å². The summed E-state index contributed by atoms with van der Waals surface area (Å²) >= 11 is 6.35. The first-order valence-electron chi connectivity index (χ1n) is 13.3. The van der Waals surface area contributed by atoms with Crippen LogP contribution in [0.25, 0.3) is 22.4 Å². The van der Waals surface area contributed by atoms with E-state index in [4.69, 9.17) is 37.9 Å². The van der Waals surface area contributed by atoms with E-state index in [2.05, 4.69) is 15.9 Å². The second kappa shape index (κ2) is 12.1. The summed E-state index contributed by atoms with van der Waals surface area (Å²) in [6.07, 6.45) is 7.97. The Bertz CT molecular complexity index is 1530. The normalized spacial score (nSPS) is 20.8. The number of amidine groups is 1. The molecule has 0 unspecified atom stereocenters. The summed E-state index contributed by atoms with van der Waals surface area (Å²) in [7, 11) is 1.33. The Morgan fingerprint density at radius 1 is 1.27 bits per heavy atom. The van der Waals surface area contributed by atoms with Gasteiger partial charge in [0.25, 0.3) is 0 Å². The maximum absolute atomic E-state index is 12.8. The van der Waals surface area contributed by atoms with Crippen molar-refractivity contribution in [3.63, 3.8) is 0 Å². The highest BCUT2D eigenvalue weighted by Gasteiger charge is 2.35. The molecule has 1 aromatic carbocycles. The van der Waals surface area contributed by atoms with Gasteiger partial charge in [0, 0.05) is 29.6 Å². The Kier molecular flexibility index (Phi) is 8.37. The molecule has 3 heterocycles. The van der Waals surface area contributed by atoms with Gasteiger partial charge in [-0.15, -0.1) is 12.3 Å². The fraction of sp³-hybridized carbons (Fsp3) is 0.429. The number of carbonyl (C=O) groups is 2. The van der Waals surface area contributed by atoms with Crippen LogP contribution >= 0.6 is 11.6 Å². The molecule has 1 saturated heterocycles. The summed E-state index contributed by atoms with van der Waals surface area (Å²) in [6.45, 7) is 1.47. The molecule has 3 aromatic rings. The number of hydrogen-bond donors (Lipinski definition) is 3. The molecule has 3 N–H and O–H groups in total. The van der Waals surface area contributed by atoms with Gasteiger partial charge in [-0.25, -0.2) is 19.6 Å². The minimum atomic E-state index is -1.41. The van der Waals surface area contributed by atoms with Crippen LogP contribution in [-0.4, -0.2) is 75.4 Å². The Morgan fingerprint density at radius 3 is 2.73 bits per heavy atom. The molecule has 5 rings (SSSR count). The molecule has 1 aliphatic carbocycles. The van der Waals surface area contributed by atoms with Crippen LogP contribution in [0.1, 0.15) is 31.5 Å². The Balaban J connectivity index is 1.72. The lowest BCUT2D eigenvalue weighted by Gasteiger charge is -2.35. The van der Waals surface area contributed by atoms with Crippen LogP contribution in [0.3, 0.4) is 0 Å². The molecular weight excluding hydrogens is 550 g/mol. The van der Waals surface area contributed by atoms with Crippen LogP contribution in [0.2, 0.25) is 5.02 Å². The van der Waals surface area contributed by atoms with E-state index in [-0.39, 0.29) is 29.9 Å². The van der Waals surface area contributed by atoms with Gasteiger partial charge in [0.15, 0.2) is 23.3 Å². The molecule has 214 valence electrons. The number of fused-ring (bicyclic) bond motifs is 1. The molecule has 2 aliphatic rings. The largest absolute Gasteiger partial charge is 0.467 e. The SMILES string of the molecule is C#CC1CCC(Cn2c(N3CCOC[C@H]3C(=O)OC)nc3nc(C(=N)NC(=O)O)nc(-c4cccc(Cl)c4)c32)CC1. The summed E-state index contributed by atoms with van der Waals surface area (Å²) < 4.78 is 12.7. The molecule has 1 amide bonds. The first-order chi connectivity index (χ1) is 19.8. The van der Waals surface area contributed by atoms with Crippen molar-refractivity contribution >= 4 is 46.6 Å². The quantitative estimate of drug-likeness (QED) is 0.172. The van der Waals surface area contributed by atoms with Gasteiger partial charge in [-0.3, -0.25) is 10.7 Å². The maximum Gasteiger partial charge on any atom is 0.410 e. The summed E-state index contributed by atoms with van der Waals surface area (Å²) in [4.78, 5) is 39.9. The number of morpholine rings is 1. The van der Waals surface area contributed by atoms with Gasteiger partial charge in [-0.1, -0.05) is 23.7 Å². The average Bonchev–Trinajstić information content (AvgIpc) is 3.34. The molecule has 1 saturated carbocycles. The lowest BCUT2D eigenvalue weighted by atomic mass is 9.82. The first kappa shape index (κ1) is 28.3. The van der Waals surface area contributed by atoms with Crippen LogP contribution < -0.4 is 10.2 Å². The summed E-state index contributed by atoms with van der Waals surface area (Å²) in [5.74, 6) is 2.81. The van der Waals surface area contributed by atoms with Gasteiger partial charge < -0.3 is 24.0 Å². The topological polar surface area (TPSA) is 156 Å². The molecule has 1 aliphatic heterocycles.